The molecule has 0 unspecified atom stereocenters. The van der Waals surface area contributed by atoms with Crippen molar-refractivity contribution in [2.24, 2.45) is 0 Å². The maximum absolute atomic E-state index is 4.39. The smallest absolute Gasteiger partial charge is 0.137 e. The van der Waals surface area contributed by atoms with Gasteiger partial charge in [-0.1, -0.05) is 6.07 Å². The van der Waals surface area contributed by atoms with Crippen molar-refractivity contribution in [1.82, 2.24) is 15.0 Å². The van der Waals surface area contributed by atoms with Gasteiger partial charge in [0.1, 0.15) is 12.1 Å². The molecule has 2 heterocycles. The Morgan fingerprint density at radius 3 is 2.60 bits per heavy atom. The van der Waals surface area contributed by atoms with Crippen LogP contribution < -0.4 is 5.32 Å². The highest BCUT2D eigenvalue weighted by Gasteiger charge is 2.22. The van der Waals surface area contributed by atoms with Crippen molar-refractivity contribution >= 4 is 16.7 Å². The van der Waals surface area contributed by atoms with Crippen LogP contribution in [0.5, 0.6) is 0 Å². The zero-order valence-corrected chi connectivity index (χ0v) is 11.0. The zero-order chi connectivity index (χ0) is 13.4. The molecule has 0 atom stereocenters. The molecule has 1 fully saturated rings. The van der Waals surface area contributed by atoms with Crippen LogP contribution in [-0.4, -0.2) is 21.0 Å². The molecule has 4 rings (SSSR count). The number of fused-ring (bicyclic) bond motifs is 1. The van der Waals surface area contributed by atoms with E-state index in [-0.39, 0.29) is 0 Å². The van der Waals surface area contributed by atoms with E-state index in [1.54, 1.807) is 6.33 Å². The first kappa shape index (κ1) is 11.3. The molecule has 0 amide bonds. The molecule has 0 radical (unpaired) electrons. The number of nitrogens with zero attached hydrogens (tertiary/aromatic N) is 3. The Kier molecular flexibility index (Phi) is 2.59. The van der Waals surface area contributed by atoms with Gasteiger partial charge in [-0.3, -0.25) is 4.98 Å². The molecule has 1 N–H and O–H groups in total. The molecule has 3 aromatic rings. The number of anilines is 1. The van der Waals surface area contributed by atoms with Gasteiger partial charge >= 0.3 is 0 Å². The quantitative estimate of drug-likeness (QED) is 0.787. The van der Waals surface area contributed by atoms with Gasteiger partial charge in [0.15, 0.2) is 0 Å². The fraction of sp³-hybridized carbons (Fsp3) is 0.188. The minimum Gasteiger partial charge on any atom is -0.367 e. The molecule has 1 aromatic carbocycles. The fourth-order valence-corrected chi connectivity index (χ4v) is 2.32. The van der Waals surface area contributed by atoms with Crippen molar-refractivity contribution in [3.63, 3.8) is 0 Å². The Morgan fingerprint density at radius 2 is 1.80 bits per heavy atom. The predicted octanol–water partition coefficient (Wildman–Crippen LogP) is 3.27. The van der Waals surface area contributed by atoms with Gasteiger partial charge in [0, 0.05) is 23.8 Å². The molecule has 0 aliphatic heterocycles. The van der Waals surface area contributed by atoms with Crippen molar-refractivity contribution in [2.45, 2.75) is 18.9 Å². The van der Waals surface area contributed by atoms with Crippen molar-refractivity contribution in [3.05, 3.63) is 49.1 Å². The zero-order valence-electron chi connectivity index (χ0n) is 11.0. The van der Waals surface area contributed by atoms with Crippen molar-refractivity contribution < 1.29 is 0 Å². The second-order valence-electron chi connectivity index (χ2n) is 5.11. The molecule has 98 valence electrons. The molecular weight excluding hydrogens is 248 g/mol. The molecular formula is C16H14N4. The van der Waals surface area contributed by atoms with E-state index in [4.69, 9.17) is 0 Å². The molecule has 0 bridgehead atoms. The molecule has 4 nitrogen and oxygen atoms in total. The molecule has 0 spiro atoms. The number of benzene rings is 1. The number of hydrogen-bond acceptors (Lipinski definition) is 4. The second kappa shape index (κ2) is 4.56. The number of aromatic nitrogens is 3. The van der Waals surface area contributed by atoms with Crippen LogP contribution in [-0.2, 0) is 0 Å². The molecule has 1 aliphatic carbocycles. The normalized spacial score (nSPS) is 14.4. The average molecular weight is 262 g/mol. The van der Waals surface area contributed by atoms with Gasteiger partial charge in [0.25, 0.3) is 0 Å². The number of rotatable bonds is 3. The standard InChI is InChI=1S/C16H14N4/c1-4-15-14(9-12(1)11-5-7-17-8-6-11)16(19-10-18-15)20-13-2-3-13/h1,4-10,13H,2-3H2,(H,18,19,20). The van der Waals surface area contributed by atoms with Gasteiger partial charge in [-0.25, -0.2) is 9.97 Å². The Morgan fingerprint density at radius 1 is 0.950 bits per heavy atom. The van der Waals surface area contributed by atoms with E-state index in [1.807, 2.05) is 30.6 Å². The predicted molar refractivity (Wildman–Crippen MR) is 79.4 cm³/mol. The number of hydrogen-bond donors (Lipinski definition) is 1. The molecule has 1 saturated carbocycles. The van der Waals surface area contributed by atoms with Crippen LogP contribution in [0.25, 0.3) is 22.0 Å². The summed E-state index contributed by atoms with van der Waals surface area (Å²) in [4.78, 5) is 12.8. The minimum absolute atomic E-state index is 0.581. The van der Waals surface area contributed by atoms with Crippen LogP contribution in [0.4, 0.5) is 5.82 Å². The third-order valence-electron chi connectivity index (χ3n) is 3.57. The average Bonchev–Trinajstić information content (AvgIpc) is 3.32. The van der Waals surface area contributed by atoms with Gasteiger partial charge < -0.3 is 5.32 Å². The first-order chi connectivity index (χ1) is 9.90. The van der Waals surface area contributed by atoms with Gasteiger partial charge in [-0.2, -0.15) is 0 Å². The lowest BCUT2D eigenvalue weighted by Crippen LogP contribution is -2.04. The van der Waals surface area contributed by atoms with E-state index >= 15 is 0 Å². The van der Waals surface area contributed by atoms with Crippen molar-refractivity contribution in [2.75, 3.05) is 5.32 Å². The SMILES string of the molecule is c1cc(-c2ccc3ncnc(NC4CC4)c3c2)ccn1. The lowest BCUT2D eigenvalue weighted by atomic mass is 10.0. The topological polar surface area (TPSA) is 50.7 Å². The van der Waals surface area contributed by atoms with Crippen LogP contribution in [0.2, 0.25) is 0 Å². The van der Waals surface area contributed by atoms with Crippen LogP contribution in [0.3, 0.4) is 0 Å². The van der Waals surface area contributed by atoms with E-state index in [0.717, 1.165) is 27.8 Å². The number of nitrogens with one attached hydrogen (secondary N) is 1. The number of pyridine rings is 1. The van der Waals surface area contributed by atoms with E-state index in [2.05, 4.69) is 32.4 Å². The van der Waals surface area contributed by atoms with Gasteiger partial charge in [0.2, 0.25) is 0 Å². The van der Waals surface area contributed by atoms with E-state index in [9.17, 15) is 0 Å². The fourth-order valence-electron chi connectivity index (χ4n) is 2.32. The maximum Gasteiger partial charge on any atom is 0.137 e. The maximum atomic E-state index is 4.39. The molecule has 2 aromatic heterocycles. The Bertz CT molecular complexity index is 751. The minimum atomic E-state index is 0.581. The highest BCUT2D eigenvalue weighted by Crippen LogP contribution is 2.30. The summed E-state index contributed by atoms with van der Waals surface area (Å²) in [6, 6.07) is 10.9. The Labute approximate surface area is 116 Å². The summed E-state index contributed by atoms with van der Waals surface area (Å²) in [5.41, 5.74) is 3.29. The van der Waals surface area contributed by atoms with Gasteiger partial charge in [0.05, 0.1) is 5.52 Å². The monoisotopic (exact) mass is 262 g/mol. The van der Waals surface area contributed by atoms with Gasteiger partial charge in [-0.05, 0) is 48.2 Å². The summed E-state index contributed by atoms with van der Waals surface area (Å²) in [5.74, 6) is 0.938. The largest absolute Gasteiger partial charge is 0.367 e. The Hall–Kier alpha value is -2.49. The van der Waals surface area contributed by atoms with Gasteiger partial charge in [-0.15, -0.1) is 0 Å². The van der Waals surface area contributed by atoms with E-state index in [0.29, 0.717) is 6.04 Å². The first-order valence-corrected chi connectivity index (χ1v) is 6.82. The summed E-state index contributed by atoms with van der Waals surface area (Å²) in [6.07, 6.45) is 7.71. The molecule has 0 saturated heterocycles. The first-order valence-electron chi connectivity index (χ1n) is 6.82. The summed E-state index contributed by atoms with van der Waals surface area (Å²) >= 11 is 0. The highest BCUT2D eigenvalue weighted by atomic mass is 15.1. The molecule has 1 aliphatic rings. The second-order valence-corrected chi connectivity index (χ2v) is 5.11. The lowest BCUT2D eigenvalue weighted by molar-refractivity contribution is 1.10. The van der Waals surface area contributed by atoms with Crippen molar-refractivity contribution in [1.29, 1.82) is 0 Å². The van der Waals surface area contributed by atoms with E-state index in [1.165, 1.54) is 12.8 Å². The summed E-state index contributed by atoms with van der Waals surface area (Å²) in [6.45, 7) is 0. The molecule has 20 heavy (non-hydrogen) atoms. The highest BCUT2D eigenvalue weighted by molar-refractivity contribution is 5.92. The van der Waals surface area contributed by atoms with Crippen LogP contribution in [0.15, 0.2) is 49.1 Å². The summed E-state index contributed by atoms with van der Waals surface area (Å²) < 4.78 is 0. The van der Waals surface area contributed by atoms with Crippen LogP contribution in [0.1, 0.15) is 12.8 Å². The van der Waals surface area contributed by atoms with E-state index < -0.39 is 0 Å². The van der Waals surface area contributed by atoms with Crippen molar-refractivity contribution in [3.8, 4) is 11.1 Å². The third-order valence-corrected chi connectivity index (χ3v) is 3.57. The Balaban J connectivity index is 1.84. The lowest BCUT2D eigenvalue weighted by Gasteiger charge is -2.08. The van der Waals surface area contributed by atoms with Crippen LogP contribution >= 0.6 is 0 Å². The van der Waals surface area contributed by atoms with Crippen LogP contribution in [0, 0.1) is 0 Å². The third kappa shape index (κ3) is 2.09. The summed E-state index contributed by atoms with van der Waals surface area (Å²) in [5, 5.41) is 4.55. The summed E-state index contributed by atoms with van der Waals surface area (Å²) in [7, 11) is 0. The molecule has 4 heteroatoms.